The van der Waals surface area contributed by atoms with Crippen molar-refractivity contribution in [1.29, 1.82) is 0 Å². The van der Waals surface area contributed by atoms with Crippen LogP contribution in [-0.4, -0.2) is 43.4 Å². The minimum atomic E-state index is -1.16. The molecule has 1 heterocycles. The second-order valence-electron chi connectivity index (χ2n) is 6.90. The van der Waals surface area contributed by atoms with Gasteiger partial charge in [0.2, 0.25) is 5.91 Å². The predicted octanol–water partition coefficient (Wildman–Crippen LogP) is 2.05. The standard InChI is InChI=1S/C17H22N4O3/c1-17(2,3)12-20(9-13-7-5-4-6-8-13)15(22)11-21-10-14(16(23)24)18-19-21/h4-8,10H,9,11-12H2,1-3H3,(H,23,24). The summed E-state index contributed by atoms with van der Waals surface area (Å²) in [5.74, 6) is -1.29. The van der Waals surface area contributed by atoms with Gasteiger partial charge < -0.3 is 10.0 Å². The van der Waals surface area contributed by atoms with Crippen LogP contribution in [0.5, 0.6) is 0 Å². The van der Waals surface area contributed by atoms with E-state index in [2.05, 4.69) is 31.1 Å². The van der Waals surface area contributed by atoms with Gasteiger partial charge in [-0.15, -0.1) is 5.10 Å². The normalized spacial score (nSPS) is 11.3. The first-order valence-corrected chi connectivity index (χ1v) is 7.70. The first-order valence-electron chi connectivity index (χ1n) is 7.70. The highest BCUT2D eigenvalue weighted by atomic mass is 16.4. The second-order valence-corrected chi connectivity index (χ2v) is 6.90. The maximum Gasteiger partial charge on any atom is 0.358 e. The summed E-state index contributed by atoms with van der Waals surface area (Å²) in [5.41, 5.74) is 0.812. The highest BCUT2D eigenvalue weighted by molar-refractivity contribution is 5.84. The number of hydrogen-bond donors (Lipinski definition) is 1. The van der Waals surface area contributed by atoms with E-state index in [1.807, 2.05) is 30.3 Å². The van der Waals surface area contributed by atoms with Crippen LogP contribution in [0.1, 0.15) is 36.8 Å². The van der Waals surface area contributed by atoms with Gasteiger partial charge in [-0.25, -0.2) is 9.48 Å². The van der Waals surface area contributed by atoms with Crippen molar-refractivity contribution in [3.05, 3.63) is 47.8 Å². The SMILES string of the molecule is CC(C)(C)CN(Cc1ccccc1)C(=O)Cn1cc(C(=O)O)nn1. The van der Waals surface area contributed by atoms with Crippen LogP contribution in [0, 0.1) is 5.41 Å². The smallest absolute Gasteiger partial charge is 0.358 e. The van der Waals surface area contributed by atoms with Crippen LogP contribution < -0.4 is 0 Å². The van der Waals surface area contributed by atoms with Gasteiger partial charge in [-0.3, -0.25) is 4.79 Å². The van der Waals surface area contributed by atoms with E-state index in [-0.39, 0.29) is 23.6 Å². The molecule has 0 aliphatic heterocycles. The number of aromatic carboxylic acids is 1. The van der Waals surface area contributed by atoms with Crippen molar-refractivity contribution < 1.29 is 14.7 Å². The Morgan fingerprint density at radius 3 is 2.42 bits per heavy atom. The summed E-state index contributed by atoms with van der Waals surface area (Å²) in [7, 11) is 0. The number of aromatic nitrogens is 3. The van der Waals surface area contributed by atoms with Crippen LogP contribution in [0.4, 0.5) is 0 Å². The third-order valence-electron chi connectivity index (χ3n) is 3.29. The van der Waals surface area contributed by atoms with E-state index < -0.39 is 5.97 Å². The Bertz CT molecular complexity index is 704. The zero-order chi connectivity index (χ0) is 17.7. The zero-order valence-electron chi connectivity index (χ0n) is 14.1. The second kappa shape index (κ2) is 7.25. The molecule has 0 aliphatic carbocycles. The van der Waals surface area contributed by atoms with Crippen LogP contribution in [0.15, 0.2) is 36.5 Å². The van der Waals surface area contributed by atoms with Gasteiger partial charge in [0, 0.05) is 13.1 Å². The molecule has 7 nitrogen and oxygen atoms in total. The number of amides is 1. The van der Waals surface area contributed by atoms with E-state index in [1.165, 1.54) is 10.9 Å². The molecule has 0 bridgehead atoms. The molecule has 1 amide bonds. The number of carbonyl (C=O) groups excluding carboxylic acids is 1. The average Bonchev–Trinajstić information content (AvgIpc) is 2.95. The van der Waals surface area contributed by atoms with Gasteiger partial charge >= 0.3 is 5.97 Å². The Labute approximate surface area is 140 Å². The van der Waals surface area contributed by atoms with Gasteiger partial charge in [0.15, 0.2) is 5.69 Å². The van der Waals surface area contributed by atoms with E-state index in [1.54, 1.807) is 4.90 Å². The molecule has 0 unspecified atom stereocenters. The molecule has 1 N–H and O–H groups in total. The van der Waals surface area contributed by atoms with Crippen molar-refractivity contribution in [2.75, 3.05) is 6.54 Å². The third-order valence-corrected chi connectivity index (χ3v) is 3.29. The summed E-state index contributed by atoms with van der Waals surface area (Å²) in [6.45, 7) is 7.24. The minimum Gasteiger partial charge on any atom is -0.476 e. The molecule has 0 radical (unpaired) electrons. The van der Waals surface area contributed by atoms with Gasteiger partial charge in [0.25, 0.3) is 0 Å². The highest BCUT2D eigenvalue weighted by Gasteiger charge is 2.22. The molecule has 0 saturated heterocycles. The summed E-state index contributed by atoms with van der Waals surface area (Å²) in [6, 6.07) is 9.75. The molecule has 1 aromatic heterocycles. The van der Waals surface area contributed by atoms with Crippen molar-refractivity contribution in [2.24, 2.45) is 5.41 Å². The number of carbonyl (C=O) groups is 2. The number of benzene rings is 1. The van der Waals surface area contributed by atoms with E-state index in [4.69, 9.17) is 5.11 Å². The van der Waals surface area contributed by atoms with Gasteiger partial charge in [-0.2, -0.15) is 0 Å². The topological polar surface area (TPSA) is 88.3 Å². The summed E-state index contributed by atoms with van der Waals surface area (Å²) in [4.78, 5) is 25.3. The van der Waals surface area contributed by atoms with E-state index >= 15 is 0 Å². The van der Waals surface area contributed by atoms with Crippen LogP contribution in [0.2, 0.25) is 0 Å². The highest BCUT2D eigenvalue weighted by Crippen LogP contribution is 2.17. The Balaban J connectivity index is 2.12. The molecule has 24 heavy (non-hydrogen) atoms. The van der Waals surface area contributed by atoms with Crippen molar-refractivity contribution in [3.8, 4) is 0 Å². The minimum absolute atomic E-state index is 0.0385. The number of hydrogen-bond acceptors (Lipinski definition) is 4. The number of carboxylic acids is 1. The maximum atomic E-state index is 12.7. The number of carboxylic acid groups (broad SMARTS) is 1. The van der Waals surface area contributed by atoms with Crippen LogP contribution in [-0.2, 0) is 17.9 Å². The lowest BCUT2D eigenvalue weighted by molar-refractivity contribution is -0.134. The fourth-order valence-corrected chi connectivity index (χ4v) is 2.32. The van der Waals surface area contributed by atoms with Gasteiger partial charge in [0.05, 0.1) is 6.20 Å². The summed E-state index contributed by atoms with van der Waals surface area (Å²) >= 11 is 0. The molecule has 0 aliphatic rings. The van der Waals surface area contributed by atoms with Crippen molar-refractivity contribution in [2.45, 2.75) is 33.9 Å². The van der Waals surface area contributed by atoms with Crippen LogP contribution in [0.25, 0.3) is 0 Å². The lowest BCUT2D eigenvalue weighted by Gasteiger charge is -2.30. The monoisotopic (exact) mass is 330 g/mol. The zero-order valence-corrected chi connectivity index (χ0v) is 14.1. The number of rotatable bonds is 6. The Kier molecular flexibility index (Phi) is 5.33. The van der Waals surface area contributed by atoms with E-state index in [9.17, 15) is 9.59 Å². The van der Waals surface area contributed by atoms with Crippen molar-refractivity contribution in [1.82, 2.24) is 19.9 Å². The van der Waals surface area contributed by atoms with Gasteiger partial charge in [0.1, 0.15) is 6.54 Å². The van der Waals surface area contributed by atoms with Crippen LogP contribution >= 0.6 is 0 Å². The molecule has 0 saturated carbocycles. The molecule has 0 spiro atoms. The number of nitrogens with zero attached hydrogens (tertiary/aromatic N) is 4. The maximum absolute atomic E-state index is 12.7. The Hall–Kier alpha value is -2.70. The summed E-state index contributed by atoms with van der Waals surface area (Å²) < 4.78 is 1.26. The Morgan fingerprint density at radius 2 is 1.88 bits per heavy atom. The van der Waals surface area contributed by atoms with E-state index in [0.717, 1.165) is 5.56 Å². The Morgan fingerprint density at radius 1 is 1.21 bits per heavy atom. The quantitative estimate of drug-likeness (QED) is 0.876. The third kappa shape index (κ3) is 5.19. The van der Waals surface area contributed by atoms with Crippen molar-refractivity contribution in [3.63, 3.8) is 0 Å². The molecule has 0 atom stereocenters. The molecule has 2 aromatic rings. The lowest BCUT2D eigenvalue weighted by Crippen LogP contribution is -2.39. The van der Waals surface area contributed by atoms with Crippen LogP contribution in [0.3, 0.4) is 0 Å². The average molecular weight is 330 g/mol. The molecule has 1 aromatic carbocycles. The molecular weight excluding hydrogens is 308 g/mol. The largest absolute Gasteiger partial charge is 0.476 e. The fourth-order valence-electron chi connectivity index (χ4n) is 2.32. The fraction of sp³-hybridized carbons (Fsp3) is 0.412. The molecular formula is C17H22N4O3. The lowest BCUT2D eigenvalue weighted by atomic mass is 9.95. The summed E-state index contributed by atoms with van der Waals surface area (Å²) in [5, 5.41) is 16.1. The first-order chi connectivity index (χ1) is 11.2. The molecule has 7 heteroatoms. The summed E-state index contributed by atoms with van der Waals surface area (Å²) in [6.07, 6.45) is 1.26. The molecule has 128 valence electrons. The van der Waals surface area contributed by atoms with E-state index in [0.29, 0.717) is 13.1 Å². The predicted molar refractivity (Wildman–Crippen MR) is 88.3 cm³/mol. The molecule has 0 fully saturated rings. The van der Waals surface area contributed by atoms with Gasteiger partial charge in [-0.05, 0) is 11.0 Å². The molecule has 2 rings (SSSR count). The van der Waals surface area contributed by atoms with Gasteiger partial charge in [-0.1, -0.05) is 56.3 Å². The first kappa shape index (κ1) is 17.7. The van der Waals surface area contributed by atoms with Crippen molar-refractivity contribution >= 4 is 11.9 Å².